The number of rotatable bonds is 7. The maximum atomic E-state index is 13.1. The van der Waals surface area contributed by atoms with Crippen molar-refractivity contribution in [3.63, 3.8) is 0 Å². The van der Waals surface area contributed by atoms with E-state index < -0.39 is 17.7 Å². The van der Waals surface area contributed by atoms with Crippen molar-refractivity contribution in [3.8, 4) is 0 Å². The molecule has 124 valence electrons. The molecule has 0 saturated carbocycles. The second-order valence-electron chi connectivity index (χ2n) is 4.78. The first kappa shape index (κ1) is 18.4. The summed E-state index contributed by atoms with van der Waals surface area (Å²) in [6.45, 7) is 2.02. The number of alkyl halides is 5. The van der Waals surface area contributed by atoms with Crippen LogP contribution in [0.5, 0.6) is 0 Å². The molecule has 0 fully saturated rings. The van der Waals surface area contributed by atoms with Gasteiger partial charge in [-0.25, -0.2) is 0 Å². The van der Waals surface area contributed by atoms with E-state index >= 15 is 0 Å². The van der Waals surface area contributed by atoms with Gasteiger partial charge in [-0.3, -0.25) is 4.79 Å². The van der Waals surface area contributed by atoms with Crippen LogP contribution < -0.4 is 0 Å². The lowest BCUT2D eigenvalue weighted by molar-refractivity contribution is -0.289. The molecule has 0 atom stereocenters. The van der Waals surface area contributed by atoms with Gasteiger partial charge in [0, 0.05) is 12.0 Å². The summed E-state index contributed by atoms with van der Waals surface area (Å²) in [7, 11) is 0. The quantitative estimate of drug-likeness (QED) is 0.416. The molecule has 0 radical (unpaired) electrons. The summed E-state index contributed by atoms with van der Waals surface area (Å²) in [4.78, 5) is 11.1. The fourth-order valence-corrected chi connectivity index (χ4v) is 1.88. The van der Waals surface area contributed by atoms with Crippen molar-refractivity contribution in [2.24, 2.45) is 0 Å². The van der Waals surface area contributed by atoms with Gasteiger partial charge in [0.1, 0.15) is 0 Å². The third-order valence-electron chi connectivity index (χ3n) is 3.07. The van der Waals surface area contributed by atoms with Crippen LogP contribution in [-0.2, 0) is 21.9 Å². The van der Waals surface area contributed by atoms with E-state index in [1.165, 1.54) is 12.1 Å². The molecule has 0 amide bonds. The van der Waals surface area contributed by atoms with Crippen LogP contribution in [0.1, 0.15) is 37.3 Å². The number of hydrogen-bond donors (Lipinski definition) is 0. The van der Waals surface area contributed by atoms with E-state index in [1.807, 2.05) is 0 Å². The zero-order valence-corrected chi connectivity index (χ0v) is 12.1. The van der Waals surface area contributed by atoms with Crippen molar-refractivity contribution < 1.29 is 31.5 Å². The van der Waals surface area contributed by atoms with Crippen LogP contribution in [0, 0.1) is 0 Å². The molecule has 0 saturated heterocycles. The molecule has 0 heterocycles. The zero-order valence-electron chi connectivity index (χ0n) is 12.1. The lowest BCUT2D eigenvalue weighted by atomic mass is 10.0. The van der Waals surface area contributed by atoms with Gasteiger partial charge < -0.3 is 4.74 Å². The van der Waals surface area contributed by atoms with Crippen molar-refractivity contribution in [1.82, 2.24) is 0 Å². The molecule has 0 spiro atoms. The number of carbonyl (C=O) groups is 1. The van der Waals surface area contributed by atoms with Gasteiger partial charge in [0.2, 0.25) is 0 Å². The van der Waals surface area contributed by atoms with Crippen molar-refractivity contribution in [2.75, 3.05) is 6.61 Å². The Balaban J connectivity index is 2.51. The number of aryl methyl sites for hydroxylation is 1. The molecular formula is C15H17F5O2. The van der Waals surface area contributed by atoms with Gasteiger partial charge in [-0.15, -0.1) is 0 Å². The first-order valence-electron chi connectivity index (χ1n) is 6.88. The van der Waals surface area contributed by atoms with E-state index in [9.17, 15) is 26.7 Å². The van der Waals surface area contributed by atoms with E-state index in [4.69, 9.17) is 4.74 Å². The van der Waals surface area contributed by atoms with Crippen molar-refractivity contribution in [2.45, 2.75) is 44.7 Å². The molecule has 7 heteroatoms. The molecule has 1 aromatic carbocycles. The monoisotopic (exact) mass is 324 g/mol. The van der Waals surface area contributed by atoms with Crippen LogP contribution in [0.2, 0.25) is 0 Å². The Bertz CT molecular complexity index is 480. The second kappa shape index (κ2) is 7.56. The van der Waals surface area contributed by atoms with Gasteiger partial charge in [0.05, 0.1) is 6.61 Å². The fraction of sp³-hybridized carbons (Fsp3) is 0.533. The number of hydrogen-bond acceptors (Lipinski definition) is 2. The highest BCUT2D eigenvalue weighted by molar-refractivity contribution is 5.69. The highest BCUT2D eigenvalue weighted by Gasteiger charge is 2.58. The number of benzene rings is 1. The molecule has 2 nitrogen and oxygen atoms in total. The maximum absolute atomic E-state index is 13.1. The van der Waals surface area contributed by atoms with Gasteiger partial charge in [-0.05, 0) is 31.7 Å². The molecule has 0 aliphatic carbocycles. The highest BCUT2D eigenvalue weighted by atomic mass is 19.4. The number of esters is 1. The largest absolute Gasteiger partial charge is 0.466 e. The van der Waals surface area contributed by atoms with Crippen LogP contribution in [0.4, 0.5) is 22.0 Å². The topological polar surface area (TPSA) is 26.3 Å². The van der Waals surface area contributed by atoms with Crippen LogP contribution in [0.15, 0.2) is 24.3 Å². The molecule has 0 N–H and O–H groups in total. The Morgan fingerprint density at radius 2 is 1.64 bits per heavy atom. The summed E-state index contributed by atoms with van der Waals surface area (Å²) < 4.78 is 67.6. The molecule has 0 aliphatic rings. The molecule has 22 heavy (non-hydrogen) atoms. The second-order valence-corrected chi connectivity index (χ2v) is 4.78. The van der Waals surface area contributed by atoms with E-state index in [0.717, 1.165) is 12.1 Å². The summed E-state index contributed by atoms with van der Waals surface area (Å²) >= 11 is 0. The Kier molecular flexibility index (Phi) is 6.32. The molecule has 1 rings (SSSR count). The first-order chi connectivity index (χ1) is 10.2. The number of ether oxygens (including phenoxy) is 1. The third-order valence-corrected chi connectivity index (χ3v) is 3.07. The van der Waals surface area contributed by atoms with E-state index in [0.29, 0.717) is 31.4 Å². The summed E-state index contributed by atoms with van der Waals surface area (Å²) in [6.07, 6.45) is -3.66. The lowest BCUT2D eigenvalue weighted by Gasteiger charge is -2.20. The van der Waals surface area contributed by atoms with E-state index in [2.05, 4.69) is 0 Å². The minimum absolute atomic E-state index is 0.262. The SMILES string of the molecule is CCOC(=O)CCCCc1ccc(C(F)(F)C(F)(F)F)cc1. The fourth-order valence-electron chi connectivity index (χ4n) is 1.88. The van der Waals surface area contributed by atoms with E-state index in [-0.39, 0.29) is 12.4 Å². The number of unbranched alkanes of at least 4 members (excludes halogenated alkanes) is 1. The van der Waals surface area contributed by atoms with Gasteiger partial charge in [0.25, 0.3) is 0 Å². The summed E-state index contributed by atoms with van der Waals surface area (Å²) in [5.41, 5.74) is -0.430. The Morgan fingerprint density at radius 1 is 1.05 bits per heavy atom. The highest BCUT2D eigenvalue weighted by Crippen LogP contribution is 2.43. The van der Waals surface area contributed by atoms with Gasteiger partial charge >= 0.3 is 18.1 Å². The van der Waals surface area contributed by atoms with Gasteiger partial charge in [-0.1, -0.05) is 24.3 Å². The normalized spacial score (nSPS) is 12.3. The van der Waals surface area contributed by atoms with Crippen molar-refractivity contribution in [3.05, 3.63) is 35.4 Å². The molecule has 0 aromatic heterocycles. The summed E-state index contributed by atoms with van der Waals surface area (Å²) in [6, 6.07) is 4.07. The van der Waals surface area contributed by atoms with Gasteiger partial charge in [-0.2, -0.15) is 22.0 Å². The summed E-state index contributed by atoms with van der Waals surface area (Å²) in [5, 5.41) is 0. The predicted molar refractivity (Wildman–Crippen MR) is 70.6 cm³/mol. The Labute approximate surface area is 125 Å². The smallest absolute Gasteiger partial charge is 0.458 e. The molecule has 0 bridgehead atoms. The third kappa shape index (κ3) is 4.96. The Hall–Kier alpha value is -1.66. The molecule has 1 aromatic rings. The van der Waals surface area contributed by atoms with Crippen LogP contribution in [-0.4, -0.2) is 18.8 Å². The lowest BCUT2D eigenvalue weighted by Crippen LogP contribution is -2.33. The zero-order chi connectivity index (χ0) is 16.8. The van der Waals surface area contributed by atoms with Crippen molar-refractivity contribution in [1.29, 1.82) is 0 Å². The molecule has 0 aliphatic heterocycles. The summed E-state index contributed by atoms with van der Waals surface area (Å²) in [5.74, 6) is -5.15. The number of halogens is 5. The minimum Gasteiger partial charge on any atom is -0.466 e. The predicted octanol–water partition coefficient (Wildman–Crippen LogP) is 4.62. The first-order valence-corrected chi connectivity index (χ1v) is 6.88. The van der Waals surface area contributed by atoms with E-state index in [1.54, 1.807) is 6.92 Å². The number of carbonyl (C=O) groups excluding carboxylic acids is 1. The molecular weight excluding hydrogens is 307 g/mol. The van der Waals surface area contributed by atoms with Crippen LogP contribution in [0.3, 0.4) is 0 Å². The standard InChI is InChI=1S/C15H17F5O2/c1-2-22-13(21)6-4-3-5-11-7-9-12(10-8-11)14(16,17)15(18,19)20/h7-10H,2-6H2,1H3. The Morgan fingerprint density at radius 3 is 2.14 bits per heavy atom. The van der Waals surface area contributed by atoms with Crippen molar-refractivity contribution >= 4 is 5.97 Å². The average Bonchev–Trinajstić information content (AvgIpc) is 2.43. The van der Waals surface area contributed by atoms with Crippen LogP contribution >= 0.6 is 0 Å². The van der Waals surface area contributed by atoms with Crippen LogP contribution in [0.25, 0.3) is 0 Å². The maximum Gasteiger partial charge on any atom is 0.458 e. The minimum atomic E-state index is -5.60. The van der Waals surface area contributed by atoms with Gasteiger partial charge in [0.15, 0.2) is 0 Å². The molecule has 0 unspecified atom stereocenters. The average molecular weight is 324 g/mol.